The Kier molecular flexibility index (Phi) is 5.04. The van der Waals surface area contributed by atoms with Gasteiger partial charge < -0.3 is 4.74 Å². The zero-order valence-corrected chi connectivity index (χ0v) is 12.1. The van der Waals surface area contributed by atoms with E-state index >= 15 is 0 Å². The van der Waals surface area contributed by atoms with Crippen LogP contribution in [0.5, 0.6) is 0 Å². The average molecular weight is 257 g/mol. The van der Waals surface area contributed by atoms with E-state index in [0.29, 0.717) is 0 Å². The van der Waals surface area contributed by atoms with Crippen LogP contribution < -0.4 is 0 Å². The third-order valence-corrected chi connectivity index (χ3v) is 3.79. The smallest absolute Gasteiger partial charge is 0.314 e. The molecule has 1 unspecified atom stereocenters. The molecule has 1 heterocycles. The Morgan fingerprint density at radius 1 is 1.47 bits per heavy atom. The molecule has 0 aromatic carbocycles. The first-order valence-electron chi connectivity index (χ1n) is 6.31. The van der Waals surface area contributed by atoms with Crippen molar-refractivity contribution in [1.29, 1.82) is 0 Å². The predicted molar refractivity (Wildman–Crippen MR) is 73.4 cm³/mol. The molecule has 0 saturated heterocycles. The topological polar surface area (TPSA) is 38.7 Å². The molecular weight excluding hydrogens is 234 g/mol. The van der Waals surface area contributed by atoms with Crippen molar-refractivity contribution in [2.45, 2.75) is 58.4 Å². The molecule has 0 aromatic rings. The van der Waals surface area contributed by atoms with E-state index in [0.717, 1.165) is 31.4 Å². The lowest BCUT2D eigenvalue weighted by Crippen LogP contribution is -2.34. The van der Waals surface area contributed by atoms with Crippen LogP contribution in [0.2, 0.25) is 0 Å². The van der Waals surface area contributed by atoms with Crippen molar-refractivity contribution in [1.82, 2.24) is 0 Å². The summed E-state index contributed by atoms with van der Waals surface area (Å²) >= 11 is 1.62. The van der Waals surface area contributed by atoms with Crippen molar-refractivity contribution < 1.29 is 9.53 Å². The Hall–Kier alpha value is -0.510. The fourth-order valence-corrected chi connectivity index (χ4v) is 2.50. The average Bonchev–Trinajstić information content (AvgIpc) is 2.66. The van der Waals surface area contributed by atoms with Gasteiger partial charge in [-0.15, -0.1) is 0 Å². The Morgan fingerprint density at radius 3 is 2.65 bits per heavy atom. The van der Waals surface area contributed by atoms with E-state index < -0.39 is 10.5 Å². The van der Waals surface area contributed by atoms with Gasteiger partial charge in [-0.1, -0.05) is 31.5 Å². The fourth-order valence-electron chi connectivity index (χ4n) is 1.52. The first kappa shape index (κ1) is 14.6. The van der Waals surface area contributed by atoms with Gasteiger partial charge in [-0.25, -0.2) is 4.99 Å². The highest BCUT2D eigenvalue weighted by Crippen LogP contribution is 2.38. The van der Waals surface area contributed by atoms with Gasteiger partial charge in [0.15, 0.2) is 0 Å². The SMILES string of the molecule is CCCCCC1(OC(=O)C(C)(C)C)N=CCS1. The monoisotopic (exact) mass is 257 g/mol. The highest BCUT2D eigenvalue weighted by molar-refractivity contribution is 8.01. The number of rotatable bonds is 5. The minimum Gasteiger partial charge on any atom is -0.427 e. The normalized spacial score (nSPS) is 24.0. The Morgan fingerprint density at radius 2 is 2.18 bits per heavy atom. The molecule has 0 N–H and O–H groups in total. The third-order valence-electron chi connectivity index (χ3n) is 2.63. The summed E-state index contributed by atoms with van der Waals surface area (Å²) in [7, 11) is 0. The molecule has 1 rings (SSSR count). The van der Waals surface area contributed by atoms with Gasteiger partial charge in [0.2, 0.25) is 0 Å². The molecule has 0 aromatic heterocycles. The van der Waals surface area contributed by atoms with Gasteiger partial charge in [-0.3, -0.25) is 4.79 Å². The van der Waals surface area contributed by atoms with Crippen LogP contribution in [0.15, 0.2) is 4.99 Å². The Bertz CT molecular complexity index is 296. The number of aliphatic imine (C=N–C) groups is 1. The van der Waals surface area contributed by atoms with Crippen molar-refractivity contribution in [3.63, 3.8) is 0 Å². The summed E-state index contributed by atoms with van der Waals surface area (Å²) in [5.74, 6) is 0.671. The molecule has 3 nitrogen and oxygen atoms in total. The summed E-state index contributed by atoms with van der Waals surface area (Å²) in [5, 5.41) is -0.639. The molecule has 1 aliphatic rings. The summed E-state index contributed by atoms with van der Waals surface area (Å²) in [5.41, 5.74) is -0.462. The van der Waals surface area contributed by atoms with E-state index in [2.05, 4.69) is 11.9 Å². The van der Waals surface area contributed by atoms with Crippen LogP contribution in [0, 0.1) is 5.41 Å². The molecule has 98 valence electrons. The van der Waals surface area contributed by atoms with Gasteiger partial charge in [-0.2, -0.15) is 0 Å². The summed E-state index contributed by atoms with van der Waals surface area (Å²) in [4.78, 5) is 16.3. The number of esters is 1. The summed E-state index contributed by atoms with van der Waals surface area (Å²) in [6, 6.07) is 0. The standard InChI is InChI=1S/C13H23NO2S/c1-5-6-7-8-13(14-9-10-17-13)16-11(15)12(2,3)4/h9H,5-8,10H2,1-4H3. The number of hydrogen-bond donors (Lipinski definition) is 0. The molecule has 0 aliphatic carbocycles. The van der Waals surface area contributed by atoms with E-state index in [1.807, 2.05) is 27.0 Å². The zero-order chi connectivity index (χ0) is 12.9. The molecule has 0 amide bonds. The lowest BCUT2D eigenvalue weighted by Gasteiger charge is -2.29. The van der Waals surface area contributed by atoms with Crippen LogP contribution in [0.4, 0.5) is 0 Å². The van der Waals surface area contributed by atoms with Crippen LogP contribution in [-0.4, -0.2) is 23.0 Å². The van der Waals surface area contributed by atoms with Crippen molar-refractivity contribution in [3.8, 4) is 0 Å². The molecule has 4 heteroatoms. The molecule has 0 fully saturated rings. The molecule has 1 atom stereocenters. The van der Waals surface area contributed by atoms with Gasteiger partial charge in [0, 0.05) is 18.4 Å². The number of hydrogen-bond acceptors (Lipinski definition) is 4. The predicted octanol–water partition coefficient (Wildman–Crippen LogP) is 3.63. The van der Waals surface area contributed by atoms with E-state index in [4.69, 9.17) is 4.74 Å². The van der Waals surface area contributed by atoms with Gasteiger partial charge in [0.1, 0.15) is 0 Å². The third kappa shape index (κ3) is 4.34. The van der Waals surface area contributed by atoms with Gasteiger partial charge in [0.05, 0.1) is 5.41 Å². The summed E-state index contributed by atoms with van der Waals surface area (Å²) in [6.45, 7) is 7.79. The summed E-state index contributed by atoms with van der Waals surface area (Å²) < 4.78 is 5.64. The van der Waals surface area contributed by atoms with Crippen molar-refractivity contribution in [3.05, 3.63) is 0 Å². The second-order valence-corrected chi connectivity index (χ2v) is 6.69. The number of carbonyl (C=O) groups is 1. The molecule has 0 saturated carbocycles. The van der Waals surface area contributed by atoms with Crippen LogP contribution in [0.25, 0.3) is 0 Å². The van der Waals surface area contributed by atoms with Crippen molar-refractivity contribution in [2.75, 3.05) is 5.75 Å². The molecule has 0 radical (unpaired) electrons. The van der Waals surface area contributed by atoms with Crippen LogP contribution in [0.3, 0.4) is 0 Å². The second kappa shape index (κ2) is 5.89. The molecule has 17 heavy (non-hydrogen) atoms. The van der Waals surface area contributed by atoms with Gasteiger partial charge in [0.25, 0.3) is 5.06 Å². The number of nitrogens with zero attached hydrogens (tertiary/aromatic N) is 1. The lowest BCUT2D eigenvalue weighted by atomic mass is 9.97. The maximum absolute atomic E-state index is 11.9. The molecular formula is C13H23NO2S. The maximum Gasteiger partial charge on any atom is 0.314 e. The van der Waals surface area contributed by atoms with Gasteiger partial charge in [-0.05, 0) is 27.2 Å². The Labute approximate surface area is 108 Å². The number of carbonyl (C=O) groups excluding carboxylic acids is 1. The van der Waals surface area contributed by atoms with E-state index in [1.54, 1.807) is 11.8 Å². The van der Waals surface area contributed by atoms with Crippen molar-refractivity contribution >= 4 is 23.9 Å². The van der Waals surface area contributed by atoms with Crippen molar-refractivity contribution in [2.24, 2.45) is 10.4 Å². The lowest BCUT2D eigenvalue weighted by molar-refractivity contribution is -0.161. The first-order chi connectivity index (χ1) is 7.90. The van der Waals surface area contributed by atoms with Crippen LogP contribution in [-0.2, 0) is 9.53 Å². The number of unbranched alkanes of at least 4 members (excludes halogenated alkanes) is 2. The Balaban J connectivity index is 2.60. The minimum absolute atomic E-state index is 0.166. The van der Waals surface area contributed by atoms with Crippen LogP contribution >= 0.6 is 11.8 Å². The zero-order valence-electron chi connectivity index (χ0n) is 11.3. The highest BCUT2D eigenvalue weighted by atomic mass is 32.2. The molecule has 0 spiro atoms. The van der Waals surface area contributed by atoms with E-state index in [9.17, 15) is 4.79 Å². The number of thioether (sulfide) groups is 1. The molecule has 0 bridgehead atoms. The van der Waals surface area contributed by atoms with E-state index in [-0.39, 0.29) is 5.97 Å². The first-order valence-corrected chi connectivity index (χ1v) is 7.29. The highest BCUT2D eigenvalue weighted by Gasteiger charge is 2.39. The fraction of sp³-hybridized carbons (Fsp3) is 0.846. The number of ether oxygens (including phenoxy) is 1. The second-order valence-electron chi connectivity index (χ2n) is 5.43. The van der Waals surface area contributed by atoms with E-state index in [1.165, 1.54) is 0 Å². The van der Waals surface area contributed by atoms with Crippen LogP contribution in [0.1, 0.15) is 53.4 Å². The minimum atomic E-state index is -0.639. The summed E-state index contributed by atoms with van der Waals surface area (Å²) in [6.07, 6.45) is 6.05. The van der Waals surface area contributed by atoms with Gasteiger partial charge >= 0.3 is 5.97 Å². The maximum atomic E-state index is 11.9. The quantitative estimate of drug-likeness (QED) is 0.557. The molecule has 1 aliphatic heterocycles. The largest absolute Gasteiger partial charge is 0.427 e.